The predicted molar refractivity (Wildman–Crippen MR) is 42.6 cm³/mol. The van der Waals surface area contributed by atoms with Gasteiger partial charge < -0.3 is 5.48 Å². The molecule has 11 heavy (non-hydrogen) atoms. The van der Waals surface area contributed by atoms with E-state index in [0.717, 1.165) is 0 Å². The summed E-state index contributed by atoms with van der Waals surface area (Å²) in [7, 11) is 0. The van der Waals surface area contributed by atoms with Crippen LogP contribution in [0, 0.1) is 20.8 Å². The molecule has 0 aliphatic carbocycles. The minimum Gasteiger partial charge on any atom is -0.870 e. The second kappa shape index (κ2) is 5.78. The molecule has 0 saturated heterocycles. The first-order valence-corrected chi connectivity index (χ1v) is 3.24. The number of rotatable bonds is 0. The number of benzene rings is 1. The van der Waals surface area contributed by atoms with Crippen molar-refractivity contribution in [2.75, 3.05) is 0 Å². The van der Waals surface area contributed by atoms with Crippen LogP contribution in [0.3, 0.4) is 0 Å². The summed E-state index contributed by atoms with van der Waals surface area (Å²) >= 11 is 0. The van der Waals surface area contributed by atoms with Gasteiger partial charge in [-0.2, -0.15) is 0 Å². The van der Waals surface area contributed by atoms with E-state index < -0.39 is 0 Å². The van der Waals surface area contributed by atoms with Crippen molar-refractivity contribution in [1.29, 1.82) is 0 Å². The van der Waals surface area contributed by atoms with Crippen LogP contribution in [0.5, 0.6) is 0 Å². The molecule has 1 rings (SSSR count). The summed E-state index contributed by atoms with van der Waals surface area (Å²) in [6.45, 7) is 6.44. The second-order valence-corrected chi connectivity index (χ2v) is 2.52. The molecular formula is C9H13NaO. The van der Waals surface area contributed by atoms with Gasteiger partial charge in [-0.1, -0.05) is 18.2 Å². The molecule has 0 aliphatic rings. The largest absolute Gasteiger partial charge is 1.00 e. The first-order chi connectivity index (χ1) is 4.22. The standard InChI is InChI=1S/C9H12.Na.H2O/c1-7-5-4-6-8(2)9(7)3;;/h4-6H,1-3H3;;1H2/q;+1;/p-1. The van der Waals surface area contributed by atoms with Crippen LogP contribution in [0.4, 0.5) is 0 Å². The molecule has 0 saturated carbocycles. The van der Waals surface area contributed by atoms with Gasteiger partial charge >= 0.3 is 29.6 Å². The maximum Gasteiger partial charge on any atom is 1.00 e. The quantitative estimate of drug-likeness (QED) is 0.468. The van der Waals surface area contributed by atoms with Crippen LogP contribution < -0.4 is 29.6 Å². The van der Waals surface area contributed by atoms with E-state index in [4.69, 9.17) is 0 Å². The Bertz CT molecular complexity index is 201. The molecule has 0 aliphatic heterocycles. The van der Waals surface area contributed by atoms with E-state index in [1.807, 2.05) is 0 Å². The second-order valence-electron chi connectivity index (χ2n) is 2.52. The summed E-state index contributed by atoms with van der Waals surface area (Å²) in [5, 5.41) is 0. The number of hydrogen-bond donors (Lipinski definition) is 0. The molecule has 0 bridgehead atoms. The van der Waals surface area contributed by atoms with Crippen molar-refractivity contribution in [1.82, 2.24) is 0 Å². The van der Waals surface area contributed by atoms with E-state index in [1.165, 1.54) is 16.7 Å². The Labute approximate surface area is 90.4 Å². The molecule has 0 amide bonds. The van der Waals surface area contributed by atoms with E-state index in [9.17, 15) is 0 Å². The molecule has 56 valence electrons. The minimum absolute atomic E-state index is 0. The molecule has 0 spiro atoms. The van der Waals surface area contributed by atoms with E-state index in [1.54, 1.807) is 0 Å². The summed E-state index contributed by atoms with van der Waals surface area (Å²) < 4.78 is 0. The third-order valence-electron chi connectivity index (χ3n) is 1.88. The third-order valence-corrected chi connectivity index (χ3v) is 1.88. The Morgan fingerprint density at radius 3 is 1.55 bits per heavy atom. The fourth-order valence-corrected chi connectivity index (χ4v) is 0.898. The summed E-state index contributed by atoms with van der Waals surface area (Å²) in [4.78, 5) is 0. The van der Waals surface area contributed by atoms with Crippen molar-refractivity contribution < 1.29 is 35.0 Å². The fourth-order valence-electron chi connectivity index (χ4n) is 0.898. The van der Waals surface area contributed by atoms with Crippen LogP contribution in [-0.4, -0.2) is 5.48 Å². The third kappa shape index (κ3) is 3.39. The van der Waals surface area contributed by atoms with Gasteiger partial charge in [-0.05, 0) is 37.5 Å². The summed E-state index contributed by atoms with van der Waals surface area (Å²) in [6, 6.07) is 6.38. The first kappa shape index (κ1) is 13.7. The summed E-state index contributed by atoms with van der Waals surface area (Å²) in [5.74, 6) is 0. The van der Waals surface area contributed by atoms with Crippen LogP contribution in [-0.2, 0) is 0 Å². The predicted octanol–water partition coefficient (Wildman–Crippen LogP) is -0.561. The number of hydrogen-bond acceptors (Lipinski definition) is 1. The van der Waals surface area contributed by atoms with Crippen molar-refractivity contribution in [3.05, 3.63) is 34.9 Å². The Balaban J connectivity index is 0. The summed E-state index contributed by atoms with van der Waals surface area (Å²) in [6.07, 6.45) is 0. The molecular weight excluding hydrogens is 147 g/mol. The zero-order valence-corrected chi connectivity index (χ0v) is 9.68. The van der Waals surface area contributed by atoms with Gasteiger partial charge in [0.2, 0.25) is 0 Å². The monoisotopic (exact) mass is 160 g/mol. The van der Waals surface area contributed by atoms with Crippen molar-refractivity contribution in [2.24, 2.45) is 0 Å². The molecule has 1 aromatic carbocycles. The van der Waals surface area contributed by atoms with E-state index in [-0.39, 0.29) is 35.0 Å². The molecule has 1 aromatic rings. The van der Waals surface area contributed by atoms with Crippen LogP contribution >= 0.6 is 0 Å². The van der Waals surface area contributed by atoms with E-state index in [2.05, 4.69) is 39.0 Å². The van der Waals surface area contributed by atoms with Gasteiger partial charge in [0.05, 0.1) is 0 Å². The topological polar surface area (TPSA) is 30.0 Å². The minimum atomic E-state index is 0. The number of aryl methyl sites for hydroxylation is 2. The zero-order valence-electron chi connectivity index (χ0n) is 7.68. The van der Waals surface area contributed by atoms with Crippen LogP contribution in [0.25, 0.3) is 0 Å². The molecule has 0 unspecified atom stereocenters. The maximum atomic E-state index is 2.16. The molecule has 0 atom stereocenters. The molecule has 0 radical (unpaired) electrons. The van der Waals surface area contributed by atoms with Gasteiger partial charge in [-0.3, -0.25) is 0 Å². The van der Waals surface area contributed by atoms with E-state index in [0.29, 0.717) is 0 Å². The fraction of sp³-hybridized carbons (Fsp3) is 0.333. The molecule has 0 aromatic heterocycles. The Morgan fingerprint density at radius 2 is 1.27 bits per heavy atom. The van der Waals surface area contributed by atoms with Gasteiger partial charge in [0.1, 0.15) is 0 Å². The normalized spacial score (nSPS) is 7.91. The van der Waals surface area contributed by atoms with Crippen molar-refractivity contribution in [2.45, 2.75) is 20.8 Å². The van der Waals surface area contributed by atoms with Crippen LogP contribution in [0.15, 0.2) is 18.2 Å². The van der Waals surface area contributed by atoms with Gasteiger partial charge in [0, 0.05) is 0 Å². The summed E-state index contributed by atoms with van der Waals surface area (Å²) in [5.41, 5.74) is 4.18. The Kier molecular flexibility index (Phi) is 7.23. The molecule has 0 heterocycles. The van der Waals surface area contributed by atoms with Gasteiger partial charge in [0.15, 0.2) is 0 Å². The van der Waals surface area contributed by atoms with Crippen molar-refractivity contribution >= 4 is 0 Å². The average Bonchev–Trinajstić information content (AvgIpc) is 1.83. The SMILES string of the molecule is Cc1cccc(C)c1C.[Na+].[OH-]. The van der Waals surface area contributed by atoms with Crippen LogP contribution in [0.2, 0.25) is 0 Å². The average molecular weight is 160 g/mol. The molecule has 1 nitrogen and oxygen atoms in total. The van der Waals surface area contributed by atoms with Gasteiger partial charge in [-0.15, -0.1) is 0 Å². The molecule has 0 fully saturated rings. The smallest absolute Gasteiger partial charge is 0.870 e. The van der Waals surface area contributed by atoms with Gasteiger partial charge in [-0.25, -0.2) is 0 Å². The van der Waals surface area contributed by atoms with Crippen LogP contribution in [0.1, 0.15) is 16.7 Å². The molecule has 1 N–H and O–H groups in total. The van der Waals surface area contributed by atoms with Crippen molar-refractivity contribution in [3.63, 3.8) is 0 Å². The Morgan fingerprint density at radius 1 is 0.909 bits per heavy atom. The van der Waals surface area contributed by atoms with E-state index >= 15 is 0 Å². The zero-order chi connectivity index (χ0) is 6.85. The molecule has 2 heteroatoms. The van der Waals surface area contributed by atoms with Gasteiger partial charge in [0.25, 0.3) is 0 Å². The first-order valence-electron chi connectivity index (χ1n) is 3.24. The maximum absolute atomic E-state index is 2.16. The van der Waals surface area contributed by atoms with Crippen molar-refractivity contribution in [3.8, 4) is 0 Å². The Hall–Kier alpha value is 0.180.